The summed E-state index contributed by atoms with van der Waals surface area (Å²) in [5, 5.41) is 2.52. The highest BCUT2D eigenvalue weighted by atomic mass is 16.5. The van der Waals surface area contributed by atoms with Crippen LogP contribution in [0, 0.1) is 0 Å². The number of ether oxygens (including phenoxy) is 1. The Kier molecular flexibility index (Phi) is 5.45. The van der Waals surface area contributed by atoms with Crippen LogP contribution < -0.4 is 5.32 Å². The predicted octanol–water partition coefficient (Wildman–Crippen LogP) is 3.56. The fourth-order valence-corrected chi connectivity index (χ4v) is 1.17. The van der Waals surface area contributed by atoms with Crippen LogP contribution in [-0.2, 0) is 11.3 Å². The summed E-state index contributed by atoms with van der Waals surface area (Å²) in [6, 6.07) is 9.48. The number of amides is 1. The highest BCUT2D eigenvalue weighted by Crippen LogP contribution is 2.01. The number of hydrogen-bond donors (Lipinski definition) is 1. The van der Waals surface area contributed by atoms with Crippen LogP contribution >= 0.6 is 0 Å². The van der Waals surface area contributed by atoms with Crippen LogP contribution in [-0.4, -0.2) is 6.09 Å². The molecule has 0 saturated heterocycles. The number of carbonyl (C=O) groups is 1. The van der Waals surface area contributed by atoms with Crippen LogP contribution in [0.1, 0.15) is 12.5 Å². The third-order valence-electron chi connectivity index (χ3n) is 2.04. The standard InChI is InChI=1S/C15H17NO2/c1-12(2)9-10-13(3)16-15(17)18-11-14-7-5-4-6-8-14/h4-10H,1,3,11H2,2H3,(H,16,17)/b10-9-. The van der Waals surface area contributed by atoms with Gasteiger partial charge in [0.05, 0.1) is 0 Å². The Labute approximate surface area is 107 Å². The van der Waals surface area contributed by atoms with E-state index in [0.29, 0.717) is 5.70 Å². The Hall–Kier alpha value is -2.29. The largest absolute Gasteiger partial charge is 0.444 e. The van der Waals surface area contributed by atoms with Crippen molar-refractivity contribution in [3.8, 4) is 0 Å². The number of hydrogen-bond acceptors (Lipinski definition) is 2. The summed E-state index contributed by atoms with van der Waals surface area (Å²) in [7, 11) is 0. The quantitative estimate of drug-likeness (QED) is 0.803. The monoisotopic (exact) mass is 243 g/mol. The third-order valence-corrected chi connectivity index (χ3v) is 2.04. The van der Waals surface area contributed by atoms with E-state index >= 15 is 0 Å². The van der Waals surface area contributed by atoms with Crippen molar-refractivity contribution >= 4 is 6.09 Å². The second-order valence-electron chi connectivity index (χ2n) is 3.89. The van der Waals surface area contributed by atoms with Gasteiger partial charge in [-0.1, -0.05) is 55.1 Å². The average Bonchev–Trinajstić information content (AvgIpc) is 2.35. The highest BCUT2D eigenvalue weighted by molar-refractivity contribution is 5.70. The van der Waals surface area contributed by atoms with Crippen LogP contribution in [0.5, 0.6) is 0 Å². The van der Waals surface area contributed by atoms with E-state index in [4.69, 9.17) is 4.74 Å². The molecular weight excluding hydrogens is 226 g/mol. The van der Waals surface area contributed by atoms with Crippen molar-refractivity contribution < 1.29 is 9.53 Å². The zero-order chi connectivity index (χ0) is 13.4. The van der Waals surface area contributed by atoms with Gasteiger partial charge in [-0.05, 0) is 18.6 Å². The van der Waals surface area contributed by atoms with Gasteiger partial charge in [0.2, 0.25) is 0 Å². The normalized spacial score (nSPS) is 10.1. The average molecular weight is 243 g/mol. The summed E-state index contributed by atoms with van der Waals surface area (Å²) in [5.74, 6) is 0. The van der Waals surface area contributed by atoms with Crippen molar-refractivity contribution in [2.24, 2.45) is 0 Å². The number of alkyl carbamates (subject to hydrolysis) is 1. The van der Waals surface area contributed by atoms with E-state index in [1.165, 1.54) is 0 Å². The lowest BCUT2D eigenvalue weighted by molar-refractivity contribution is 0.143. The van der Waals surface area contributed by atoms with Crippen LogP contribution in [0.4, 0.5) is 4.79 Å². The van der Waals surface area contributed by atoms with Crippen molar-refractivity contribution in [3.05, 3.63) is 72.5 Å². The molecule has 3 heteroatoms. The molecule has 0 unspecified atom stereocenters. The fourth-order valence-electron chi connectivity index (χ4n) is 1.17. The van der Waals surface area contributed by atoms with Gasteiger partial charge >= 0.3 is 6.09 Å². The second kappa shape index (κ2) is 7.12. The Morgan fingerprint density at radius 2 is 1.94 bits per heavy atom. The van der Waals surface area contributed by atoms with Crippen LogP contribution in [0.25, 0.3) is 0 Å². The van der Waals surface area contributed by atoms with Crippen molar-refractivity contribution in [1.82, 2.24) is 5.32 Å². The molecular formula is C15H17NO2. The minimum atomic E-state index is -0.518. The topological polar surface area (TPSA) is 38.3 Å². The maximum atomic E-state index is 11.4. The predicted molar refractivity (Wildman–Crippen MR) is 72.9 cm³/mol. The number of allylic oxidation sites excluding steroid dienone is 3. The number of nitrogens with one attached hydrogen (secondary N) is 1. The Balaban J connectivity index is 2.34. The van der Waals surface area contributed by atoms with Gasteiger partial charge < -0.3 is 4.74 Å². The van der Waals surface area contributed by atoms with E-state index in [-0.39, 0.29) is 6.61 Å². The molecule has 1 aromatic rings. The van der Waals surface area contributed by atoms with Gasteiger partial charge in [-0.3, -0.25) is 5.32 Å². The molecule has 0 spiro atoms. The maximum Gasteiger partial charge on any atom is 0.411 e. The van der Waals surface area contributed by atoms with Gasteiger partial charge in [-0.25, -0.2) is 4.79 Å². The molecule has 1 N–H and O–H groups in total. The first-order valence-electron chi connectivity index (χ1n) is 5.58. The van der Waals surface area contributed by atoms with Gasteiger partial charge in [0.25, 0.3) is 0 Å². The second-order valence-corrected chi connectivity index (χ2v) is 3.89. The van der Waals surface area contributed by atoms with E-state index in [0.717, 1.165) is 11.1 Å². The molecule has 94 valence electrons. The maximum absolute atomic E-state index is 11.4. The van der Waals surface area contributed by atoms with Gasteiger partial charge in [-0.2, -0.15) is 0 Å². The number of rotatable bonds is 5. The van der Waals surface area contributed by atoms with Crippen LogP contribution in [0.15, 0.2) is 66.9 Å². The zero-order valence-corrected chi connectivity index (χ0v) is 10.5. The zero-order valence-electron chi connectivity index (χ0n) is 10.5. The molecule has 0 aromatic heterocycles. The molecule has 0 fully saturated rings. The molecule has 0 radical (unpaired) electrons. The Morgan fingerprint density at radius 1 is 1.28 bits per heavy atom. The molecule has 0 aliphatic heterocycles. The Bertz CT molecular complexity index is 461. The summed E-state index contributed by atoms with van der Waals surface area (Å²) in [6.07, 6.45) is 2.92. The Morgan fingerprint density at radius 3 is 2.56 bits per heavy atom. The first-order valence-corrected chi connectivity index (χ1v) is 5.58. The molecule has 1 amide bonds. The van der Waals surface area contributed by atoms with Gasteiger partial charge in [0.1, 0.15) is 6.61 Å². The molecule has 1 aromatic carbocycles. The fraction of sp³-hybridized carbons (Fsp3) is 0.133. The van der Waals surface area contributed by atoms with E-state index < -0.39 is 6.09 Å². The number of benzene rings is 1. The number of carbonyl (C=O) groups excluding carboxylic acids is 1. The molecule has 18 heavy (non-hydrogen) atoms. The molecule has 1 rings (SSSR count). The van der Waals surface area contributed by atoms with Crippen molar-refractivity contribution in [1.29, 1.82) is 0 Å². The first-order chi connectivity index (χ1) is 8.58. The minimum Gasteiger partial charge on any atom is -0.444 e. The van der Waals surface area contributed by atoms with E-state index in [9.17, 15) is 4.79 Å². The summed E-state index contributed by atoms with van der Waals surface area (Å²) in [4.78, 5) is 11.4. The molecule has 0 heterocycles. The van der Waals surface area contributed by atoms with E-state index in [1.54, 1.807) is 12.2 Å². The van der Waals surface area contributed by atoms with E-state index in [1.807, 2.05) is 37.3 Å². The lowest BCUT2D eigenvalue weighted by Gasteiger charge is -2.06. The van der Waals surface area contributed by atoms with Gasteiger partial charge in [0, 0.05) is 5.70 Å². The molecule has 0 aliphatic rings. The molecule has 0 saturated carbocycles. The molecule has 3 nitrogen and oxygen atoms in total. The van der Waals surface area contributed by atoms with Crippen LogP contribution in [0.3, 0.4) is 0 Å². The van der Waals surface area contributed by atoms with Gasteiger partial charge in [-0.15, -0.1) is 0 Å². The van der Waals surface area contributed by atoms with Crippen LogP contribution in [0.2, 0.25) is 0 Å². The highest BCUT2D eigenvalue weighted by Gasteiger charge is 2.02. The lowest BCUT2D eigenvalue weighted by Crippen LogP contribution is -2.22. The third kappa shape index (κ3) is 5.70. The SMILES string of the molecule is C=C(C)/C=C\C(=C)NC(=O)OCc1ccccc1. The lowest BCUT2D eigenvalue weighted by atomic mass is 10.2. The van der Waals surface area contributed by atoms with E-state index in [2.05, 4.69) is 18.5 Å². The van der Waals surface area contributed by atoms with Gasteiger partial charge in [0.15, 0.2) is 0 Å². The summed E-state index contributed by atoms with van der Waals surface area (Å²) < 4.78 is 5.04. The van der Waals surface area contributed by atoms with Crippen molar-refractivity contribution in [3.63, 3.8) is 0 Å². The summed E-state index contributed by atoms with van der Waals surface area (Å²) >= 11 is 0. The van der Waals surface area contributed by atoms with Crippen molar-refractivity contribution in [2.75, 3.05) is 0 Å². The first kappa shape index (κ1) is 13.8. The summed E-state index contributed by atoms with van der Waals surface area (Å²) in [6.45, 7) is 9.49. The minimum absolute atomic E-state index is 0.240. The molecule has 0 bridgehead atoms. The summed E-state index contributed by atoms with van der Waals surface area (Å²) in [5.41, 5.74) is 2.29. The van der Waals surface area contributed by atoms with Crippen molar-refractivity contribution in [2.45, 2.75) is 13.5 Å². The molecule has 0 aliphatic carbocycles. The molecule has 0 atom stereocenters. The smallest absolute Gasteiger partial charge is 0.411 e.